The Morgan fingerprint density at radius 3 is 2.63 bits per heavy atom. The lowest BCUT2D eigenvalue weighted by Crippen LogP contribution is -1.90. The molecular formula is C14H8ClNO2S. The molecule has 0 amide bonds. The summed E-state index contributed by atoms with van der Waals surface area (Å²) in [7, 11) is 0. The monoisotopic (exact) mass is 289 g/mol. The van der Waals surface area contributed by atoms with Crippen LogP contribution in [-0.2, 0) is 0 Å². The van der Waals surface area contributed by atoms with Gasteiger partial charge in [-0.15, -0.1) is 11.3 Å². The van der Waals surface area contributed by atoms with E-state index in [9.17, 15) is 10.1 Å². The first-order valence-electron chi connectivity index (χ1n) is 5.58. The molecule has 0 aliphatic carbocycles. The van der Waals surface area contributed by atoms with Crippen molar-refractivity contribution >= 4 is 38.7 Å². The molecular weight excluding hydrogens is 282 g/mol. The predicted octanol–water partition coefficient (Wildman–Crippen LogP) is 5.13. The zero-order chi connectivity index (χ0) is 13.4. The van der Waals surface area contributed by atoms with Gasteiger partial charge in [0.15, 0.2) is 0 Å². The highest BCUT2D eigenvalue weighted by atomic mass is 35.5. The fourth-order valence-corrected chi connectivity index (χ4v) is 3.24. The number of hydrogen-bond acceptors (Lipinski definition) is 3. The summed E-state index contributed by atoms with van der Waals surface area (Å²) in [6.45, 7) is 0. The molecule has 19 heavy (non-hydrogen) atoms. The molecule has 0 bridgehead atoms. The fraction of sp³-hybridized carbons (Fsp3) is 0. The number of benzene rings is 2. The molecule has 3 nitrogen and oxygen atoms in total. The largest absolute Gasteiger partial charge is 0.279 e. The summed E-state index contributed by atoms with van der Waals surface area (Å²) in [5, 5.41) is 12.6. The van der Waals surface area contributed by atoms with E-state index in [1.807, 2.05) is 30.3 Å². The molecule has 0 fully saturated rings. The molecule has 0 aliphatic rings. The van der Waals surface area contributed by atoms with Gasteiger partial charge in [0, 0.05) is 20.7 Å². The summed E-state index contributed by atoms with van der Waals surface area (Å²) >= 11 is 7.37. The number of hydrogen-bond donors (Lipinski definition) is 0. The number of fused-ring (bicyclic) bond motifs is 1. The van der Waals surface area contributed by atoms with E-state index in [4.69, 9.17) is 11.6 Å². The maximum absolute atomic E-state index is 11.1. The highest BCUT2D eigenvalue weighted by molar-refractivity contribution is 7.22. The van der Waals surface area contributed by atoms with Gasteiger partial charge in [0.05, 0.1) is 10.5 Å². The third-order valence-electron chi connectivity index (χ3n) is 2.85. The van der Waals surface area contributed by atoms with Crippen LogP contribution in [0, 0.1) is 10.1 Å². The van der Waals surface area contributed by atoms with Crippen molar-refractivity contribution in [3.63, 3.8) is 0 Å². The van der Waals surface area contributed by atoms with Crippen molar-refractivity contribution in [1.29, 1.82) is 0 Å². The number of halogens is 1. The molecule has 3 rings (SSSR count). The molecule has 3 aromatic rings. The molecule has 0 N–H and O–H groups in total. The van der Waals surface area contributed by atoms with Crippen molar-refractivity contribution in [3.05, 3.63) is 63.7 Å². The smallest absolute Gasteiger partial charge is 0.258 e. The van der Waals surface area contributed by atoms with Crippen LogP contribution in [0.5, 0.6) is 0 Å². The highest BCUT2D eigenvalue weighted by Crippen LogP contribution is 2.39. The van der Waals surface area contributed by atoms with Crippen LogP contribution in [0.3, 0.4) is 0 Å². The molecule has 0 aliphatic heterocycles. The Bertz CT molecular complexity index is 749. The normalized spacial score (nSPS) is 10.8. The molecule has 1 aromatic heterocycles. The third-order valence-corrected chi connectivity index (χ3v) is 4.23. The molecule has 2 aromatic carbocycles. The predicted molar refractivity (Wildman–Crippen MR) is 78.9 cm³/mol. The van der Waals surface area contributed by atoms with Gasteiger partial charge in [-0.2, -0.15) is 0 Å². The van der Waals surface area contributed by atoms with Gasteiger partial charge in [-0.3, -0.25) is 10.1 Å². The van der Waals surface area contributed by atoms with Gasteiger partial charge in [-0.05, 0) is 29.7 Å². The Labute approximate surface area is 118 Å². The van der Waals surface area contributed by atoms with Crippen molar-refractivity contribution in [2.24, 2.45) is 0 Å². The Hall–Kier alpha value is -1.91. The number of thiophene rings is 1. The summed E-state index contributed by atoms with van der Waals surface area (Å²) in [5.74, 6) is 0. The zero-order valence-electron chi connectivity index (χ0n) is 9.67. The van der Waals surface area contributed by atoms with Crippen molar-refractivity contribution in [3.8, 4) is 10.4 Å². The summed E-state index contributed by atoms with van der Waals surface area (Å²) in [5.41, 5.74) is 0.648. The topological polar surface area (TPSA) is 43.1 Å². The SMILES string of the molecule is O=[N+]([O-])c1cc(Cl)ccc1-c1cc2ccccc2s1. The number of nitrogens with zero attached hydrogens (tertiary/aromatic N) is 1. The van der Waals surface area contributed by atoms with E-state index in [0.29, 0.717) is 10.6 Å². The second-order valence-electron chi connectivity index (χ2n) is 4.07. The zero-order valence-corrected chi connectivity index (χ0v) is 11.2. The van der Waals surface area contributed by atoms with Crippen LogP contribution in [0.25, 0.3) is 20.5 Å². The van der Waals surface area contributed by atoms with Crippen molar-refractivity contribution in [2.45, 2.75) is 0 Å². The van der Waals surface area contributed by atoms with Crippen LogP contribution in [-0.4, -0.2) is 4.92 Å². The Morgan fingerprint density at radius 2 is 1.89 bits per heavy atom. The molecule has 0 saturated carbocycles. The van der Waals surface area contributed by atoms with Gasteiger partial charge < -0.3 is 0 Å². The molecule has 0 unspecified atom stereocenters. The van der Waals surface area contributed by atoms with E-state index in [0.717, 1.165) is 15.0 Å². The maximum atomic E-state index is 11.1. The van der Waals surface area contributed by atoms with Crippen LogP contribution in [0.2, 0.25) is 5.02 Å². The second-order valence-corrected chi connectivity index (χ2v) is 5.59. The van der Waals surface area contributed by atoms with Gasteiger partial charge in [0.1, 0.15) is 0 Å². The summed E-state index contributed by atoms with van der Waals surface area (Å²) in [6, 6.07) is 14.6. The summed E-state index contributed by atoms with van der Waals surface area (Å²) in [4.78, 5) is 11.6. The van der Waals surface area contributed by atoms with Crippen molar-refractivity contribution in [2.75, 3.05) is 0 Å². The van der Waals surface area contributed by atoms with Crippen LogP contribution >= 0.6 is 22.9 Å². The Kier molecular flexibility index (Phi) is 2.97. The van der Waals surface area contributed by atoms with E-state index in [-0.39, 0.29) is 5.69 Å². The number of nitro groups is 1. The molecule has 0 radical (unpaired) electrons. The van der Waals surface area contributed by atoms with Gasteiger partial charge in [0.2, 0.25) is 0 Å². The average molecular weight is 290 g/mol. The van der Waals surface area contributed by atoms with E-state index < -0.39 is 4.92 Å². The van der Waals surface area contributed by atoms with Crippen LogP contribution in [0.15, 0.2) is 48.5 Å². The lowest BCUT2D eigenvalue weighted by atomic mass is 10.1. The van der Waals surface area contributed by atoms with E-state index in [2.05, 4.69) is 0 Å². The minimum Gasteiger partial charge on any atom is -0.258 e. The highest BCUT2D eigenvalue weighted by Gasteiger charge is 2.17. The lowest BCUT2D eigenvalue weighted by molar-refractivity contribution is -0.384. The minimum absolute atomic E-state index is 0.0408. The summed E-state index contributed by atoms with van der Waals surface area (Å²) in [6.07, 6.45) is 0. The number of nitro benzene ring substituents is 1. The first-order chi connectivity index (χ1) is 9.15. The van der Waals surface area contributed by atoms with Crippen LogP contribution in [0.4, 0.5) is 5.69 Å². The number of rotatable bonds is 2. The second kappa shape index (κ2) is 4.64. The fourth-order valence-electron chi connectivity index (χ4n) is 1.98. The molecule has 5 heteroatoms. The Balaban J connectivity index is 2.23. The Morgan fingerprint density at radius 1 is 1.11 bits per heavy atom. The standard InChI is InChI=1S/C14H8ClNO2S/c15-10-5-6-11(12(8-10)16(17)18)14-7-9-3-1-2-4-13(9)19-14/h1-8H. The first kappa shape index (κ1) is 12.1. The molecule has 94 valence electrons. The van der Waals surface area contributed by atoms with Gasteiger partial charge >= 0.3 is 0 Å². The molecule has 0 spiro atoms. The van der Waals surface area contributed by atoms with E-state index in [1.54, 1.807) is 23.5 Å². The third kappa shape index (κ3) is 2.20. The van der Waals surface area contributed by atoms with Crippen LogP contribution in [0.1, 0.15) is 0 Å². The molecule has 1 heterocycles. The van der Waals surface area contributed by atoms with E-state index >= 15 is 0 Å². The van der Waals surface area contributed by atoms with E-state index in [1.165, 1.54) is 6.07 Å². The van der Waals surface area contributed by atoms with Crippen LogP contribution < -0.4 is 0 Å². The molecule has 0 atom stereocenters. The lowest BCUT2D eigenvalue weighted by Gasteiger charge is -2.00. The van der Waals surface area contributed by atoms with Gasteiger partial charge in [-0.1, -0.05) is 29.8 Å². The average Bonchev–Trinajstić information content (AvgIpc) is 2.82. The van der Waals surface area contributed by atoms with Gasteiger partial charge in [-0.25, -0.2) is 0 Å². The van der Waals surface area contributed by atoms with Gasteiger partial charge in [0.25, 0.3) is 5.69 Å². The maximum Gasteiger partial charge on any atom is 0.279 e. The van der Waals surface area contributed by atoms with Crippen molar-refractivity contribution < 1.29 is 4.92 Å². The summed E-state index contributed by atoms with van der Waals surface area (Å²) < 4.78 is 1.11. The first-order valence-corrected chi connectivity index (χ1v) is 6.77. The minimum atomic E-state index is -0.397. The molecule has 0 saturated heterocycles. The van der Waals surface area contributed by atoms with Crippen molar-refractivity contribution in [1.82, 2.24) is 0 Å². The quantitative estimate of drug-likeness (QED) is 0.485.